The van der Waals surface area contributed by atoms with Gasteiger partial charge in [-0.25, -0.2) is 0 Å². The fourth-order valence-corrected chi connectivity index (χ4v) is 1.96. The van der Waals surface area contributed by atoms with Crippen molar-refractivity contribution in [2.75, 3.05) is 5.32 Å². The highest BCUT2D eigenvalue weighted by molar-refractivity contribution is 5.90. The number of hydrogen-bond donors (Lipinski definition) is 1. The maximum Gasteiger partial charge on any atom is 0.387 e. The normalized spacial score (nSPS) is 10.9. The standard InChI is InChI=1S/C16H13F2N3O4/c1-10(22)20-13-4-2-3-12(8-13)19-9-11-7-14(21(23)24)5-6-15(11)25-16(17)18/h2-9,16H,1H3,(H,20,22). The number of nitrogens with one attached hydrogen (secondary N) is 1. The summed E-state index contributed by atoms with van der Waals surface area (Å²) in [5.41, 5.74) is 0.667. The van der Waals surface area contributed by atoms with E-state index in [9.17, 15) is 23.7 Å². The highest BCUT2D eigenvalue weighted by atomic mass is 19.3. The molecule has 0 unspecified atom stereocenters. The highest BCUT2D eigenvalue weighted by Crippen LogP contribution is 2.25. The van der Waals surface area contributed by atoms with Crippen LogP contribution in [0.3, 0.4) is 0 Å². The van der Waals surface area contributed by atoms with Gasteiger partial charge in [-0.05, 0) is 24.3 Å². The largest absolute Gasteiger partial charge is 0.434 e. The molecule has 2 aromatic rings. The SMILES string of the molecule is CC(=O)Nc1cccc(N=Cc2cc([N+](=O)[O-])ccc2OC(F)F)c1. The van der Waals surface area contributed by atoms with Gasteiger partial charge in [0.2, 0.25) is 5.91 Å². The van der Waals surface area contributed by atoms with Crippen LogP contribution in [0, 0.1) is 10.1 Å². The van der Waals surface area contributed by atoms with Crippen LogP contribution in [-0.4, -0.2) is 23.7 Å². The molecule has 0 aromatic heterocycles. The molecule has 2 rings (SSSR count). The Morgan fingerprint density at radius 3 is 2.72 bits per heavy atom. The first-order valence-corrected chi connectivity index (χ1v) is 7.00. The Bertz CT molecular complexity index is 825. The van der Waals surface area contributed by atoms with Crippen molar-refractivity contribution in [2.45, 2.75) is 13.5 Å². The van der Waals surface area contributed by atoms with E-state index in [0.29, 0.717) is 11.4 Å². The molecule has 9 heteroatoms. The summed E-state index contributed by atoms with van der Waals surface area (Å²) in [6.45, 7) is -1.72. The van der Waals surface area contributed by atoms with Crippen molar-refractivity contribution in [2.24, 2.45) is 4.99 Å². The fourth-order valence-electron chi connectivity index (χ4n) is 1.96. The zero-order valence-electron chi connectivity index (χ0n) is 13.0. The van der Waals surface area contributed by atoms with Crippen LogP contribution in [0.5, 0.6) is 5.75 Å². The predicted octanol–water partition coefficient (Wildman–Crippen LogP) is 3.91. The summed E-state index contributed by atoms with van der Waals surface area (Å²) in [5, 5.41) is 13.4. The van der Waals surface area contributed by atoms with E-state index in [1.165, 1.54) is 13.1 Å². The van der Waals surface area contributed by atoms with Gasteiger partial charge in [0.25, 0.3) is 5.69 Å². The average molecular weight is 349 g/mol. The molecule has 0 heterocycles. The summed E-state index contributed by atoms with van der Waals surface area (Å²) in [7, 11) is 0. The van der Waals surface area contributed by atoms with E-state index in [4.69, 9.17) is 0 Å². The van der Waals surface area contributed by atoms with Gasteiger partial charge >= 0.3 is 6.61 Å². The number of non-ortho nitro benzene ring substituents is 1. The second-order valence-corrected chi connectivity index (χ2v) is 4.85. The van der Waals surface area contributed by atoms with E-state index in [2.05, 4.69) is 15.0 Å². The number of ether oxygens (including phenoxy) is 1. The molecule has 130 valence electrons. The number of carbonyl (C=O) groups excluding carboxylic acids is 1. The molecule has 25 heavy (non-hydrogen) atoms. The summed E-state index contributed by atoms with van der Waals surface area (Å²) in [4.78, 5) is 25.3. The van der Waals surface area contributed by atoms with Crippen molar-refractivity contribution in [3.8, 4) is 5.75 Å². The van der Waals surface area contributed by atoms with E-state index in [1.807, 2.05) is 0 Å². The number of halogens is 2. The number of rotatable bonds is 6. The molecular weight excluding hydrogens is 336 g/mol. The Morgan fingerprint density at radius 1 is 1.32 bits per heavy atom. The maximum absolute atomic E-state index is 12.5. The first-order valence-electron chi connectivity index (χ1n) is 7.00. The lowest BCUT2D eigenvalue weighted by atomic mass is 10.2. The Morgan fingerprint density at radius 2 is 2.08 bits per heavy atom. The third-order valence-electron chi connectivity index (χ3n) is 2.94. The molecule has 0 aliphatic rings. The smallest absolute Gasteiger partial charge is 0.387 e. The molecular formula is C16H13F2N3O4. The quantitative estimate of drug-likeness (QED) is 0.486. The van der Waals surface area contributed by atoms with Crippen LogP contribution in [0.1, 0.15) is 12.5 Å². The molecule has 0 saturated heterocycles. The number of aliphatic imine (C=N–C) groups is 1. The summed E-state index contributed by atoms with van der Waals surface area (Å²) < 4.78 is 29.3. The van der Waals surface area contributed by atoms with Crippen LogP contribution in [-0.2, 0) is 4.79 Å². The Hall–Kier alpha value is -3.36. The molecule has 0 saturated carbocycles. The number of benzene rings is 2. The third-order valence-corrected chi connectivity index (χ3v) is 2.94. The lowest BCUT2D eigenvalue weighted by Crippen LogP contribution is -2.05. The molecule has 0 fully saturated rings. The molecule has 7 nitrogen and oxygen atoms in total. The molecule has 1 amide bonds. The molecule has 0 radical (unpaired) electrons. The topological polar surface area (TPSA) is 93.8 Å². The number of nitro benzene ring substituents is 1. The number of hydrogen-bond acceptors (Lipinski definition) is 5. The van der Waals surface area contributed by atoms with E-state index < -0.39 is 11.5 Å². The van der Waals surface area contributed by atoms with Crippen molar-refractivity contribution in [3.05, 3.63) is 58.1 Å². The number of amides is 1. The van der Waals surface area contributed by atoms with Crippen molar-refractivity contribution in [1.82, 2.24) is 0 Å². The minimum Gasteiger partial charge on any atom is -0.434 e. The van der Waals surface area contributed by atoms with Crippen molar-refractivity contribution in [1.29, 1.82) is 0 Å². The van der Waals surface area contributed by atoms with Gasteiger partial charge in [0, 0.05) is 36.5 Å². The second-order valence-electron chi connectivity index (χ2n) is 4.85. The molecule has 0 bridgehead atoms. The first-order chi connectivity index (χ1) is 11.8. The van der Waals surface area contributed by atoms with Gasteiger partial charge in [0.1, 0.15) is 5.75 Å². The fraction of sp³-hybridized carbons (Fsp3) is 0.125. The minimum absolute atomic E-state index is 0.0273. The van der Waals surface area contributed by atoms with E-state index >= 15 is 0 Å². The second kappa shape index (κ2) is 7.95. The molecule has 0 atom stereocenters. The van der Waals surface area contributed by atoms with Gasteiger partial charge < -0.3 is 10.1 Å². The van der Waals surface area contributed by atoms with E-state index in [1.54, 1.807) is 24.3 Å². The zero-order chi connectivity index (χ0) is 18.4. The number of nitrogens with zero attached hydrogens (tertiary/aromatic N) is 2. The van der Waals surface area contributed by atoms with Crippen molar-refractivity contribution < 1.29 is 23.2 Å². The lowest BCUT2D eigenvalue weighted by Gasteiger charge is -2.07. The van der Waals surface area contributed by atoms with Crippen LogP contribution < -0.4 is 10.1 Å². The number of alkyl halides is 2. The number of nitro groups is 1. The van der Waals surface area contributed by atoms with Gasteiger partial charge in [0.15, 0.2) is 0 Å². The van der Waals surface area contributed by atoms with Gasteiger partial charge in [-0.15, -0.1) is 0 Å². The van der Waals surface area contributed by atoms with Crippen LogP contribution in [0.25, 0.3) is 0 Å². The van der Waals surface area contributed by atoms with Gasteiger partial charge in [-0.2, -0.15) is 8.78 Å². The van der Waals surface area contributed by atoms with Crippen LogP contribution in [0.15, 0.2) is 47.5 Å². The Balaban J connectivity index is 2.33. The summed E-state index contributed by atoms with van der Waals surface area (Å²) in [6, 6.07) is 9.70. The monoisotopic (exact) mass is 349 g/mol. The van der Waals surface area contributed by atoms with Crippen LogP contribution in [0.4, 0.5) is 25.8 Å². The number of carbonyl (C=O) groups is 1. The highest BCUT2D eigenvalue weighted by Gasteiger charge is 2.13. The number of anilines is 1. The van der Waals surface area contributed by atoms with E-state index in [0.717, 1.165) is 18.2 Å². The molecule has 0 aliphatic heterocycles. The Kier molecular flexibility index (Phi) is 5.72. The van der Waals surface area contributed by atoms with Gasteiger partial charge in [-0.3, -0.25) is 19.9 Å². The lowest BCUT2D eigenvalue weighted by molar-refractivity contribution is -0.384. The molecule has 0 spiro atoms. The summed E-state index contributed by atoms with van der Waals surface area (Å²) in [6.07, 6.45) is 1.18. The molecule has 2 aromatic carbocycles. The van der Waals surface area contributed by atoms with Crippen LogP contribution >= 0.6 is 0 Å². The zero-order valence-corrected chi connectivity index (χ0v) is 13.0. The maximum atomic E-state index is 12.5. The van der Waals surface area contributed by atoms with Crippen LogP contribution in [0.2, 0.25) is 0 Å². The predicted molar refractivity (Wildman–Crippen MR) is 87.7 cm³/mol. The minimum atomic E-state index is -3.07. The van der Waals surface area contributed by atoms with Gasteiger partial charge in [-0.1, -0.05) is 6.07 Å². The van der Waals surface area contributed by atoms with Gasteiger partial charge in [0.05, 0.1) is 10.6 Å². The molecule has 1 N–H and O–H groups in total. The first kappa shape index (κ1) is 18.0. The Labute approximate surface area is 141 Å². The van der Waals surface area contributed by atoms with Crippen molar-refractivity contribution >= 4 is 29.2 Å². The summed E-state index contributed by atoms with van der Waals surface area (Å²) >= 11 is 0. The summed E-state index contributed by atoms with van der Waals surface area (Å²) in [5.74, 6) is -0.491. The average Bonchev–Trinajstić information content (AvgIpc) is 2.53. The molecule has 0 aliphatic carbocycles. The van der Waals surface area contributed by atoms with E-state index in [-0.39, 0.29) is 22.9 Å². The third kappa shape index (κ3) is 5.34. The van der Waals surface area contributed by atoms with Crippen molar-refractivity contribution in [3.63, 3.8) is 0 Å².